The first-order chi connectivity index (χ1) is 15.8. The minimum atomic E-state index is -5.16. The molecule has 1 aliphatic rings. The summed E-state index contributed by atoms with van der Waals surface area (Å²) in [7, 11) is 2.73. The van der Waals surface area contributed by atoms with Gasteiger partial charge in [-0.1, -0.05) is 37.5 Å². The summed E-state index contributed by atoms with van der Waals surface area (Å²) in [5.74, 6) is -2.41. The highest BCUT2D eigenvalue weighted by Crippen LogP contribution is 2.39. The van der Waals surface area contributed by atoms with Gasteiger partial charge in [0.1, 0.15) is 6.04 Å². The van der Waals surface area contributed by atoms with Crippen LogP contribution in [0.2, 0.25) is 0 Å². The van der Waals surface area contributed by atoms with Crippen LogP contribution in [0.5, 0.6) is 11.5 Å². The van der Waals surface area contributed by atoms with Crippen molar-refractivity contribution in [2.45, 2.75) is 56.9 Å². The molecule has 6 nitrogen and oxygen atoms in total. The molecule has 0 radical (unpaired) electrons. The van der Waals surface area contributed by atoms with Crippen LogP contribution in [0.3, 0.4) is 0 Å². The Hall–Kier alpha value is -2.75. The fourth-order valence-electron chi connectivity index (χ4n) is 4.12. The van der Waals surface area contributed by atoms with Crippen LogP contribution in [0.4, 0.5) is 13.2 Å². The number of hydrogen-bond acceptors (Lipinski definition) is 5. The average molecular weight is 485 g/mol. The molecule has 0 saturated heterocycles. The molecule has 1 fully saturated rings. The summed E-state index contributed by atoms with van der Waals surface area (Å²) in [5, 5.41) is 4.58. The Morgan fingerprint density at radius 2 is 1.85 bits per heavy atom. The lowest BCUT2D eigenvalue weighted by Gasteiger charge is -2.34. The van der Waals surface area contributed by atoms with Gasteiger partial charge >= 0.3 is 12.1 Å². The highest BCUT2D eigenvalue weighted by molar-refractivity contribution is 7.09. The number of carbonyl (C=O) groups is 2. The van der Waals surface area contributed by atoms with Gasteiger partial charge in [0.15, 0.2) is 11.5 Å². The SMILES string of the molecule is COc1cccc(C(C(=O)NC2CCCCC2)N(Cc2cccs2)C(=O)C(F)(F)F)c1OC. The normalized spacial score (nSPS) is 15.5. The predicted molar refractivity (Wildman–Crippen MR) is 118 cm³/mol. The van der Waals surface area contributed by atoms with E-state index >= 15 is 0 Å². The van der Waals surface area contributed by atoms with E-state index in [0.29, 0.717) is 9.78 Å². The van der Waals surface area contributed by atoms with Crippen molar-refractivity contribution in [1.82, 2.24) is 10.2 Å². The van der Waals surface area contributed by atoms with Gasteiger partial charge in [0.05, 0.1) is 20.8 Å². The lowest BCUT2D eigenvalue weighted by atomic mass is 9.94. The van der Waals surface area contributed by atoms with E-state index in [-0.39, 0.29) is 29.6 Å². The first-order valence-corrected chi connectivity index (χ1v) is 11.6. The van der Waals surface area contributed by atoms with E-state index in [2.05, 4.69) is 5.32 Å². The summed E-state index contributed by atoms with van der Waals surface area (Å²) in [6.45, 7) is -0.376. The van der Waals surface area contributed by atoms with Crippen molar-refractivity contribution in [3.63, 3.8) is 0 Å². The number of methoxy groups -OCH3 is 2. The van der Waals surface area contributed by atoms with Crippen molar-refractivity contribution in [2.75, 3.05) is 14.2 Å². The molecule has 2 aromatic rings. The molecule has 10 heteroatoms. The van der Waals surface area contributed by atoms with Gasteiger partial charge < -0.3 is 19.7 Å². The molecule has 1 heterocycles. The molecule has 1 aliphatic carbocycles. The van der Waals surface area contributed by atoms with Gasteiger partial charge in [-0.05, 0) is 30.4 Å². The van der Waals surface area contributed by atoms with Crippen LogP contribution in [-0.2, 0) is 16.1 Å². The average Bonchev–Trinajstić information content (AvgIpc) is 3.31. The molecule has 0 aliphatic heterocycles. The van der Waals surface area contributed by atoms with Crippen LogP contribution in [-0.4, -0.2) is 43.2 Å². The van der Waals surface area contributed by atoms with E-state index < -0.39 is 24.0 Å². The van der Waals surface area contributed by atoms with E-state index in [4.69, 9.17) is 9.47 Å². The Morgan fingerprint density at radius 3 is 2.42 bits per heavy atom. The first kappa shape index (κ1) is 24.9. The van der Waals surface area contributed by atoms with Crippen LogP contribution >= 0.6 is 11.3 Å². The maximum atomic E-state index is 13.7. The van der Waals surface area contributed by atoms with Gasteiger partial charge in [-0.25, -0.2) is 0 Å². The Balaban J connectivity index is 2.10. The molecule has 3 rings (SSSR count). The smallest absolute Gasteiger partial charge is 0.471 e. The summed E-state index contributed by atoms with van der Waals surface area (Å²) in [5.41, 5.74) is 0.124. The van der Waals surface area contributed by atoms with Crippen LogP contribution in [0.25, 0.3) is 0 Å². The number of amides is 2. The molecular weight excluding hydrogens is 457 g/mol. The Bertz CT molecular complexity index is 944. The molecule has 0 spiro atoms. The fourth-order valence-corrected chi connectivity index (χ4v) is 4.82. The van der Waals surface area contributed by atoms with Gasteiger partial charge in [-0.2, -0.15) is 13.2 Å². The van der Waals surface area contributed by atoms with Gasteiger partial charge in [0.25, 0.3) is 0 Å². The lowest BCUT2D eigenvalue weighted by Crippen LogP contribution is -2.50. The zero-order valence-corrected chi connectivity index (χ0v) is 19.3. The van der Waals surface area contributed by atoms with Crippen molar-refractivity contribution in [3.8, 4) is 11.5 Å². The number of nitrogens with one attached hydrogen (secondary N) is 1. The zero-order chi connectivity index (χ0) is 24.0. The number of nitrogens with zero attached hydrogens (tertiary/aromatic N) is 1. The molecule has 33 heavy (non-hydrogen) atoms. The molecule has 180 valence electrons. The number of benzene rings is 1. The van der Waals surface area contributed by atoms with Gasteiger partial charge in [-0.15, -0.1) is 11.3 Å². The second-order valence-corrected chi connectivity index (χ2v) is 8.87. The minimum absolute atomic E-state index is 0.106. The zero-order valence-electron chi connectivity index (χ0n) is 18.5. The van der Waals surface area contributed by atoms with E-state index in [1.807, 2.05) is 0 Å². The Labute approximate surface area is 194 Å². The van der Waals surface area contributed by atoms with E-state index in [1.54, 1.807) is 29.6 Å². The van der Waals surface area contributed by atoms with Crippen molar-refractivity contribution in [1.29, 1.82) is 0 Å². The number of carbonyl (C=O) groups excluding carboxylic acids is 2. The quantitative estimate of drug-likeness (QED) is 0.582. The third-order valence-corrected chi connectivity index (χ3v) is 6.51. The molecule has 1 N–H and O–H groups in total. The number of rotatable bonds is 8. The van der Waals surface area contributed by atoms with E-state index in [9.17, 15) is 22.8 Å². The van der Waals surface area contributed by atoms with Crippen molar-refractivity contribution >= 4 is 23.2 Å². The highest BCUT2D eigenvalue weighted by atomic mass is 32.1. The number of halogens is 3. The summed E-state index contributed by atoms with van der Waals surface area (Å²) in [4.78, 5) is 27.2. The largest absolute Gasteiger partial charge is 0.493 e. The third-order valence-electron chi connectivity index (χ3n) is 5.65. The molecule has 1 unspecified atom stereocenters. The van der Waals surface area contributed by atoms with Gasteiger partial charge in [0, 0.05) is 16.5 Å². The molecule has 1 saturated carbocycles. The monoisotopic (exact) mass is 484 g/mol. The summed E-state index contributed by atoms with van der Waals surface area (Å²) in [6, 6.07) is 6.20. The number of para-hydroxylation sites is 1. The molecule has 1 aromatic heterocycles. The molecule has 0 bridgehead atoms. The fraction of sp³-hybridized carbons (Fsp3) is 0.478. The van der Waals surface area contributed by atoms with Crippen LogP contribution in [0.1, 0.15) is 48.6 Å². The number of ether oxygens (including phenoxy) is 2. The maximum Gasteiger partial charge on any atom is 0.471 e. The number of thiophene rings is 1. The summed E-state index contributed by atoms with van der Waals surface area (Å²) in [6.07, 6.45) is -0.766. The van der Waals surface area contributed by atoms with E-state index in [1.165, 1.54) is 31.6 Å². The second-order valence-electron chi connectivity index (χ2n) is 7.84. The second kappa shape index (κ2) is 10.9. The topological polar surface area (TPSA) is 67.9 Å². The molecule has 2 amide bonds. The highest BCUT2D eigenvalue weighted by Gasteiger charge is 2.47. The summed E-state index contributed by atoms with van der Waals surface area (Å²) >= 11 is 1.21. The van der Waals surface area contributed by atoms with Crippen LogP contribution in [0.15, 0.2) is 35.7 Å². The predicted octanol–water partition coefficient (Wildman–Crippen LogP) is 4.85. The summed E-state index contributed by atoms with van der Waals surface area (Å²) < 4.78 is 51.7. The van der Waals surface area contributed by atoms with Crippen LogP contribution < -0.4 is 14.8 Å². The molecule has 1 atom stereocenters. The van der Waals surface area contributed by atoms with Crippen molar-refractivity contribution in [2.24, 2.45) is 0 Å². The molecule has 1 aromatic carbocycles. The molecular formula is C23H27F3N2O4S. The number of hydrogen-bond donors (Lipinski definition) is 1. The first-order valence-electron chi connectivity index (χ1n) is 10.7. The number of alkyl halides is 3. The third kappa shape index (κ3) is 5.98. The van der Waals surface area contributed by atoms with Gasteiger partial charge in [-0.3, -0.25) is 9.59 Å². The standard InChI is InChI=1S/C23H27F3N2O4S/c1-31-18-12-6-11-17(20(18)32-2)19(21(29)27-15-8-4-3-5-9-15)28(22(30)23(24,25)26)14-16-10-7-13-33-16/h6-7,10-13,15,19H,3-5,8-9,14H2,1-2H3,(H,27,29). The van der Waals surface area contributed by atoms with E-state index in [0.717, 1.165) is 32.1 Å². The maximum absolute atomic E-state index is 13.7. The lowest BCUT2D eigenvalue weighted by molar-refractivity contribution is -0.189. The Kier molecular flexibility index (Phi) is 8.23. The van der Waals surface area contributed by atoms with Gasteiger partial charge in [0.2, 0.25) is 5.91 Å². The Morgan fingerprint density at radius 1 is 1.12 bits per heavy atom. The van der Waals surface area contributed by atoms with Crippen molar-refractivity contribution in [3.05, 3.63) is 46.2 Å². The minimum Gasteiger partial charge on any atom is -0.493 e. The van der Waals surface area contributed by atoms with Crippen LogP contribution in [0, 0.1) is 0 Å². The van der Waals surface area contributed by atoms with Crippen molar-refractivity contribution < 1.29 is 32.2 Å².